The van der Waals surface area contributed by atoms with Crippen LogP contribution in [0, 0.1) is 12.7 Å². The Balaban J connectivity index is 1.54. The van der Waals surface area contributed by atoms with Gasteiger partial charge in [0.15, 0.2) is 5.82 Å². The Kier molecular flexibility index (Phi) is 4.47. The second-order valence-corrected chi connectivity index (χ2v) is 7.32. The SMILES string of the molecule is Cc1nc(CN2CCO[C@H]3CC[C@H]2[C@@H]3Oc2ncccc2F)cs1. The highest BCUT2D eigenvalue weighted by molar-refractivity contribution is 7.09. The number of thiazole rings is 1. The third-order valence-electron chi connectivity index (χ3n) is 4.68. The molecule has 4 rings (SSSR count). The fourth-order valence-electron chi connectivity index (χ4n) is 3.59. The molecule has 0 radical (unpaired) electrons. The van der Waals surface area contributed by atoms with Crippen LogP contribution in [-0.4, -0.2) is 46.3 Å². The molecule has 2 aromatic rings. The van der Waals surface area contributed by atoms with Gasteiger partial charge in [0, 0.05) is 30.7 Å². The summed E-state index contributed by atoms with van der Waals surface area (Å²) in [7, 11) is 0. The minimum atomic E-state index is -0.428. The Morgan fingerprint density at radius 3 is 3.17 bits per heavy atom. The quantitative estimate of drug-likeness (QED) is 0.849. The number of ether oxygens (including phenoxy) is 2. The second kappa shape index (κ2) is 6.74. The Labute approximate surface area is 144 Å². The van der Waals surface area contributed by atoms with Gasteiger partial charge in [0.2, 0.25) is 0 Å². The number of fused-ring (bicyclic) bond motifs is 2. The third-order valence-corrected chi connectivity index (χ3v) is 5.50. The van der Waals surface area contributed by atoms with Crippen molar-refractivity contribution in [2.24, 2.45) is 0 Å². The van der Waals surface area contributed by atoms with Gasteiger partial charge in [-0.15, -0.1) is 11.3 Å². The average molecular weight is 349 g/mol. The lowest BCUT2D eigenvalue weighted by atomic mass is 10.1. The molecular weight excluding hydrogens is 329 g/mol. The second-order valence-electron chi connectivity index (χ2n) is 6.26. The molecular formula is C17H20FN3O2S. The summed E-state index contributed by atoms with van der Waals surface area (Å²) in [6.07, 6.45) is 3.26. The van der Waals surface area contributed by atoms with Crippen molar-refractivity contribution in [2.75, 3.05) is 13.2 Å². The van der Waals surface area contributed by atoms with Crippen LogP contribution in [0.1, 0.15) is 23.5 Å². The number of hydrogen-bond acceptors (Lipinski definition) is 6. The van der Waals surface area contributed by atoms with E-state index in [-0.39, 0.29) is 24.1 Å². The first-order chi connectivity index (χ1) is 11.7. The maximum absolute atomic E-state index is 13.9. The number of pyridine rings is 1. The summed E-state index contributed by atoms with van der Waals surface area (Å²) in [5.41, 5.74) is 1.07. The lowest BCUT2D eigenvalue weighted by Gasteiger charge is -2.30. The van der Waals surface area contributed by atoms with Gasteiger partial charge in [-0.25, -0.2) is 14.4 Å². The zero-order valence-corrected chi connectivity index (χ0v) is 14.3. The molecule has 0 unspecified atom stereocenters. The van der Waals surface area contributed by atoms with Gasteiger partial charge in [-0.3, -0.25) is 4.90 Å². The van der Waals surface area contributed by atoms with Gasteiger partial charge in [-0.1, -0.05) is 0 Å². The van der Waals surface area contributed by atoms with Gasteiger partial charge < -0.3 is 9.47 Å². The molecule has 5 nitrogen and oxygen atoms in total. The molecule has 3 atom stereocenters. The molecule has 24 heavy (non-hydrogen) atoms. The molecule has 128 valence electrons. The molecule has 2 aliphatic rings. The van der Waals surface area contributed by atoms with Gasteiger partial charge in [0.1, 0.15) is 6.10 Å². The van der Waals surface area contributed by atoms with Crippen molar-refractivity contribution in [3.8, 4) is 5.88 Å². The number of hydrogen-bond donors (Lipinski definition) is 0. The maximum atomic E-state index is 13.9. The average Bonchev–Trinajstić information content (AvgIpc) is 3.09. The number of aromatic nitrogens is 2. The van der Waals surface area contributed by atoms with E-state index in [2.05, 4.69) is 20.2 Å². The fourth-order valence-corrected chi connectivity index (χ4v) is 4.20. The summed E-state index contributed by atoms with van der Waals surface area (Å²) in [4.78, 5) is 10.9. The highest BCUT2D eigenvalue weighted by Gasteiger charge is 2.44. The molecule has 1 aliphatic heterocycles. The molecule has 0 amide bonds. The van der Waals surface area contributed by atoms with E-state index in [0.29, 0.717) is 6.61 Å². The molecule has 2 fully saturated rings. The minimum absolute atomic E-state index is 0.00132. The van der Waals surface area contributed by atoms with Crippen LogP contribution in [0.4, 0.5) is 4.39 Å². The van der Waals surface area contributed by atoms with E-state index < -0.39 is 5.82 Å². The molecule has 1 saturated heterocycles. The smallest absolute Gasteiger partial charge is 0.250 e. The highest BCUT2D eigenvalue weighted by Crippen LogP contribution is 2.33. The summed E-state index contributed by atoms with van der Waals surface area (Å²) in [5, 5.41) is 3.17. The van der Waals surface area contributed by atoms with Crippen LogP contribution >= 0.6 is 11.3 Å². The Morgan fingerprint density at radius 1 is 1.46 bits per heavy atom. The van der Waals surface area contributed by atoms with E-state index in [1.165, 1.54) is 6.07 Å². The lowest BCUT2D eigenvalue weighted by Crippen LogP contribution is -2.44. The van der Waals surface area contributed by atoms with E-state index in [1.807, 2.05) is 6.92 Å². The summed E-state index contributed by atoms with van der Waals surface area (Å²) >= 11 is 1.66. The Hall–Kier alpha value is -1.57. The van der Waals surface area contributed by atoms with Gasteiger partial charge in [-0.2, -0.15) is 0 Å². The van der Waals surface area contributed by atoms with Crippen molar-refractivity contribution in [3.63, 3.8) is 0 Å². The molecule has 3 heterocycles. The Bertz CT molecular complexity index is 711. The van der Waals surface area contributed by atoms with Gasteiger partial charge >= 0.3 is 0 Å². The van der Waals surface area contributed by atoms with E-state index in [1.54, 1.807) is 23.6 Å². The van der Waals surface area contributed by atoms with E-state index in [9.17, 15) is 4.39 Å². The van der Waals surface area contributed by atoms with Crippen LogP contribution in [-0.2, 0) is 11.3 Å². The summed E-state index contributed by atoms with van der Waals surface area (Å²) in [5.74, 6) is -0.364. The normalized spacial score (nSPS) is 27.2. The molecule has 0 spiro atoms. The Morgan fingerprint density at radius 2 is 2.38 bits per heavy atom. The standard InChI is InChI=1S/C17H20FN3O2S/c1-11-20-12(10-24-11)9-21-7-8-22-15-5-4-14(21)16(15)23-17-13(18)3-2-6-19-17/h2-3,6,10,14-16H,4-5,7-9H2,1H3/t14-,15-,16-/m0/s1. The zero-order valence-electron chi connectivity index (χ0n) is 13.5. The van der Waals surface area contributed by atoms with Gasteiger partial charge in [0.25, 0.3) is 5.88 Å². The number of rotatable bonds is 4. The van der Waals surface area contributed by atoms with Crippen LogP contribution in [0.15, 0.2) is 23.7 Å². The summed E-state index contributed by atoms with van der Waals surface area (Å²) in [6.45, 7) is 4.29. The van der Waals surface area contributed by atoms with Crippen LogP contribution in [0.5, 0.6) is 5.88 Å². The molecule has 0 N–H and O–H groups in total. The van der Waals surface area contributed by atoms with Gasteiger partial charge in [0.05, 0.1) is 23.4 Å². The first-order valence-electron chi connectivity index (χ1n) is 8.24. The van der Waals surface area contributed by atoms with Crippen LogP contribution in [0.3, 0.4) is 0 Å². The first-order valence-corrected chi connectivity index (χ1v) is 9.12. The molecule has 1 aliphatic carbocycles. The molecule has 2 aromatic heterocycles. The topological polar surface area (TPSA) is 47.5 Å². The molecule has 2 bridgehead atoms. The molecule has 7 heteroatoms. The molecule has 0 aromatic carbocycles. The lowest BCUT2D eigenvalue weighted by molar-refractivity contribution is 0.000129. The maximum Gasteiger partial charge on any atom is 0.250 e. The zero-order chi connectivity index (χ0) is 16.5. The van der Waals surface area contributed by atoms with Crippen molar-refractivity contribution < 1.29 is 13.9 Å². The number of aryl methyl sites for hydroxylation is 1. The van der Waals surface area contributed by atoms with Crippen molar-refractivity contribution in [3.05, 3.63) is 40.2 Å². The van der Waals surface area contributed by atoms with E-state index in [0.717, 1.165) is 36.6 Å². The predicted octanol–water partition coefficient (Wildman–Crippen LogP) is 2.80. The predicted molar refractivity (Wildman–Crippen MR) is 88.6 cm³/mol. The number of halogens is 1. The molecule has 1 saturated carbocycles. The largest absolute Gasteiger partial charge is 0.468 e. The van der Waals surface area contributed by atoms with Crippen molar-refractivity contribution in [2.45, 2.75) is 44.6 Å². The fraction of sp³-hybridized carbons (Fsp3) is 0.529. The monoisotopic (exact) mass is 349 g/mol. The van der Waals surface area contributed by atoms with Crippen molar-refractivity contribution >= 4 is 11.3 Å². The van der Waals surface area contributed by atoms with Crippen LogP contribution in [0.25, 0.3) is 0 Å². The van der Waals surface area contributed by atoms with E-state index in [4.69, 9.17) is 9.47 Å². The summed E-state index contributed by atoms with van der Waals surface area (Å²) in [6, 6.07) is 3.13. The van der Waals surface area contributed by atoms with Crippen molar-refractivity contribution in [1.82, 2.24) is 14.9 Å². The third kappa shape index (κ3) is 3.16. The van der Waals surface area contributed by atoms with E-state index >= 15 is 0 Å². The minimum Gasteiger partial charge on any atom is -0.468 e. The van der Waals surface area contributed by atoms with Crippen LogP contribution < -0.4 is 4.74 Å². The number of nitrogens with zero attached hydrogens (tertiary/aromatic N) is 3. The first kappa shape index (κ1) is 15.9. The highest BCUT2D eigenvalue weighted by atomic mass is 32.1. The van der Waals surface area contributed by atoms with Gasteiger partial charge in [-0.05, 0) is 31.9 Å². The summed E-state index contributed by atoms with van der Waals surface area (Å²) < 4.78 is 25.8. The van der Waals surface area contributed by atoms with Crippen molar-refractivity contribution in [1.29, 1.82) is 0 Å². The van der Waals surface area contributed by atoms with Crippen LogP contribution in [0.2, 0.25) is 0 Å².